The van der Waals surface area contributed by atoms with Crippen molar-refractivity contribution in [1.82, 2.24) is 0 Å². The van der Waals surface area contributed by atoms with Gasteiger partial charge in [0.05, 0.1) is 18.8 Å². The van der Waals surface area contributed by atoms with Crippen LogP contribution in [0.5, 0.6) is 0 Å². The topological polar surface area (TPSA) is 66.5 Å². The summed E-state index contributed by atoms with van der Waals surface area (Å²) in [4.78, 5) is 0. The normalized spacial score (nSPS) is 13.6. The Hall–Kier alpha value is 0.170. The second-order valence-corrected chi connectivity index (χ2v) is 6.45. The average molecular weight is 338 g/mol. The van der Waals surface area contributed by atoms with E-state index in [0.29, 0.717) is 0 Å². The van der Waals surface area contributed by atoms with Gasteiger partial charge < -0.3 is 15.9 Å². The number of aliphatic hydroxyl groups excluding tert-OH is 2. The van der Waals surface area contributed by atoms with Gasteiger partial charge in [-0.3, -0.25) is 0 Å². The molecule has 0 aromatic heterocycles. The van der Waals surface area contributed by atoms with E-state index in [1.54, 1.807) is 0 Å². The van der Waals surface area contributed by atoms with Crippen molar-refractivity contribution in [1.29, 1.82) is 0 Å². The quantitative estimate of drug-likeness (QED) is 0.361. The summed E-state index contributed by atoms with van der Waals surface area (Å²) in [5, 5.41) is 18.4. The SMILES string of the molecule is CCCCCCCCCCCCCCCC(O)C(N)CO.Cl. The summed E-state index contributed by atoms with van der Waals surface area (Å²) in [6.07, 6.45) is 17.5. The molecule has 0 radical (unpaired) electrons. The van der Waals surface area contributed by atoms with Crippen molar-refractivity contribution in [3.05, 3.63) is 0 Å². The summed E-state index contributed by atoms with van der Waals surface area (Å²) in [6, 6.07) is -0.470. The molecule has 0 saturated heterocycles. The van der Waals surface area contributed by atoms with Gasteiger partial charge in [-0.05, 0) is 6.42 Å². The molecule has 0 saturated carbocycles. The number of unbranched alkanes of at least 4 members (excludes halogenated alkanes) is 12. The van der Waals surface area contributed by atoms with Crippen molar-refractivity contribution in [3.63, 3.8) is 0 Å². The molecule has 0 aromatic rings. The Kier molecular flexibility index (Phi) is 21.3. The molecule has 0 rings (SSSR count). The first-order chi connectivity index (χ1) is 10.2. The molecule has 0 aliphatic heterocycles. The summed E-state index contributed by atoms with van der Waals surface area (Å²) < 4.78 is 0. The van der Waals surface area contributed by atoms with Crippen molar-refractivity contribution in [3.8, 4) is 0 Å². The summed E-state index contributed by atoms with van der Waals surface area (Å²) in [5.41, 5.74) is 5.56. The largest absolute Gasteiger partial charge is 0.395 e. The fourth-order valence-electron chi connectivity index (χ4n) is 2.71. The van der Waals surface area contributed by atoms with Gasteiger partial charge in [-0.2, -0.15) is 0 Å². The molecule has 4 heteroatoms. The molecule has 4 N–H and O–H groups in total. The molecule has 3 nitrogen and oxygen atoms in total. The number of aliphatic hydroxyl groups is 2. The molecule has 2 unspecified atom stereocenters. The van der Waals surface area contributed by atoms with E-state index in [2.05, 4.69) is 6.92 Å². The molecule has 0 bridgehead atoms. The number of hydrogen-bond donors (Lipinski definition) is 3. The highest BCUT2D eigenvalue weighted by Gasteiger charge is 2.12. The first kappa shape index (κ1) is 24.4. The van der Waals surface area contributed by atoms with E-state index in [4.69, 9.17) is 10.8 Å². The van der Waals surface area contributed by atoms with Crippen LogP contribution in [0.15, 0.2) is 0 Å². The maximum Gasteiger partial charge on any atom is 0.0713 e. The van der Waals surface area contributed by atoms with Gasteiger partial charge in [0.2, 0.25) is 0 Å². The van der Waals surface area contributed by atoms with Crippen molar-refractivity contribution in [2.24, 2.45) is 5.73 Å². The van der Waals surface area contributed by atoms with Gasteiger partial charge in [0.25, 0.3) is 0 Å². The van der Waals surface area contributed by atoms with Gasteiger partial charge in [-0.15, -0.1) is 12.4 Å². The van der Waals surface area contributed by atoms with Gasteiger partial charge >= 0.3 is 0 Å². The second kappa shape index (κ2) is 19.2. The summed E-state index contributed by atoms with van der Waals surface area (Å²) in [6.45, 7) is 2.14. The standard InChI is InChI=1S/C18H39NO2.ClH/c1-2-3-4-5-6-7-8-9-10-11-12-13-14-15-18(21)17(19)16-20;/h17-18,20-21H,2-16,19H2,1H3;1H. The maximum atomic E-state index is 9.61. The highest BCUT2D eigenvalue weighted by atomic mass is 35.5. The molecule has 0 aliphatic rings. The molecular formula is C18H40ClNO2. The van der Waals surface area contributed by atoms with E-state index in [1.165, 1.54) is 77.0 Å². The Morgan fingerprint density at radius 2 is 1.09 bits per heavy atom. The minimum absolute atomic E-state index is 0. The highest BCUT2D eigenvalue weighted by Crippen LogP contribution is 2.13. The lowest BCUT2D eigenvalue weighted by atomic mass is 10.0. The molecule has 0 aromatic carbocycles. The summed E-state index contributed by atoms with van der Waals surface area (Å²) in [7, 11) is 0. The van der Waals surface area contributed by atoms with Crippen LogP contribution in [0.25, 0.3) is 0 Å². The van der Waals surface area contributed by atoms with E-state index >= 15 is 0 Å². The van der Waals surface area contributed by atoms with Gasteiger partial charge in [-0.25, -0.2) is 0 Å². The lowest BCUT2D eigenvalue weighted by molar-refractivity contribution is 0.0990. The van der Waals surface area contributed by atoms with Crippen LogP contribution in [0, 0.1) is 0 Å². The lowest BCUT2D eigenvalue weighted by Crippen LogP contribution is -2.37. The molecule has 0 amide bonds. The predicted octanol–water partition coefficient (Wildman–Crippen LogP) is 4.57. The third-order valence-electron chi connectivity index (χ3n) is 4.31. The average Bonchev–Trinajstić information content (AvgIpc) is 2.50. The first-order valence-electron chi connectivity index (χ1n) is 9.26. The van der Waals surface area contributed by atoms with Crippen LogP contribution < -0.4 is 5.73 Å². The minimum Gasteiger partial charge on any atom is -0.395 e. The summed E-state index contributed by atoms with van der Waals surface area (Å²) >= 11 is 0. The van der Waals surface area contributed by atoms with E-state index in [-0.39, 0.29) is 19.0 Å². The zero-order valence-corrected chi connectivity index (χ0v) is 15.5. The first-order valence-corrected chi connectivity index (χ1v) is 9.26. The molecule has 136 valence electrons. The van der Waals surface area contributed by atoms with Crippen molar-refractivity contribution < 1.29 is 10.2 Å². The van der Waals surface area contributed by atoms with Crippen LogP contribution in [0.2, 0.25) is 0 Å². The molecule has 0 aliphatic carbocycles. The number of nitrogens with two attached hydrogens (primary N) is 1. The fourth-order valence-corrected chi connectivity index (χ4v) is 2.71. The molecule has 2 atom stereocenters. The minimum atomic E-state index is -0.539. The number of halogens is 1. The Morgan fingerprint density at radius 3 is 1.45 bits per heavy atom. The zero-order chi connectivity index (χ0) is 15.8. The molecule has 22 heavy (non-hydrogen) atoms. The van der Waals surface area contributed by atoms with Gasteiger partial charge in [0, 0.05) is 0 Å². The Bertz CT molecular complexity index is 206. The molecule has 0 heterocycles. The zero-order valence-electron chi connectivity index (χ0n) is 14.6. The fraction of sp³-hybridized carbons (Fsp3) is 1.00. The Labute approximate surface area is 144 Å². The van der Waals surface area contributed by atoms with Crippen LogP contribution in [-0.4, -0.2) is 29.0 Å². The Morgan fingerprint density at radius 1 is 0.727 bits per heavy atom. The monoisotopic (exact) mass is 337 g/mol. The van der Waals surface area contributed by atoms with E-state index in [0.717, 1.165) is 12.8 Å². The summed E-state index contributed by atoms with van der Waals surface area (Å²) in [5.74, 6) is 0. The number of hydrogen-bond acceptors (Lipinski definition) is 3. The van der Waals surface area contributed by atoms with Crippen LogP contribution in [0.1, 0.15) is 96.8 Å². The molecular weight excluding hydrogens is 298 g/mol. The highest BCUT2D eigenvalue weighted by molar-refractivity contribution is 5.85. The van der Waals surface area contributed by atoms with E-state index < -0.39 is 12.1 Å². The van der Waals surface area contributed by atoms with Crippen LogP contribution >= 0.6 is 12.4 Å². The van der Waals surface area contributed by atoms with Crippen LogP contribution in [0.3, 0.4) is 0 Å². The predicted molar refractivity (Wildman–Crippen MR) is 98.6 cm³/mol. The third-order valence-corrected chi connectivity index (χ3v) is 4.31. The lowest BCUT2D eigenvalue weighted by Gasteiger charge is -2.15. The maximum absolute atomic E-state index is 9.61. The van der Waals surface area contributed by atoms with Gasteiger partial charge in [0.15, 0.2) is 0 Å². The Balaban J connectivity index is 0. The smallest absolute Gasteiger partial charge is 0.0713 e. The molecule has 0 spiro atoms. The third kappa shape index (κ3) is 16.5. The molecule has 0 fully saturated rings. The van der Waals surface area contributed by atoms with Gasteiger partial charge in [-0.1, -0.05) is 90.4 Å². The van der Waals surface area contributed by atoms with Crippen LogP contribution in [-0.2, 0) is 0 Å². The van der Waals surface area contributed by atoms with Crippen molar-refractivity contribution in [2.45, 2.75) is 109 Å². The number of rotatable bonds is 16. The van der Waals surface area contributed by atoms with Crippen molar-refractivity contribution >= 4 is 12.4 Å². The van der Waals surface area contributed by atoms with E-state index in [1.807, 2.05) is 0 Å². The van der Waals surface area contributed by atoms with E-state index in [9.17, 15) is 5.11 Å². The van der Waals surface area contributed by atoms with Crippen LogP contribution in [0.4, 0.5) is 0 Å². The van der Waals surface area contributed by atoms with Gasteiger partial charge in [0.1, 0.15) is 0 Å². The second-order valence-electron chi connectivity index (χ2n) is 6.45. The van der Waals surface area contributed by atoms with Crippen molar-refractivity contribution in [2.75, 3.05) is 6.61 Å².